The fourth-order valence-electron chi connectivity index (χ4n) is 1.51. The molecule has 9 heteroatoms. The molecule has 1 fully saturated rings. The van der Waals surface area contributed by atoms with Gasteiger partial charge in [-0.15, -0.1) is 23.5 Å². The van der Waals surface area contributed by atoms with Crippen LogP contribution in [-0.4, -0.2) is 40.4 Å². The van der Waals surface area contributed by atoms with Crippen LogP contribution in [0.5, 0.6) is 0 Å². The molecule has 2 heterocycles. The number of hydrogen-bond donors (Lipinski definition) is 0. The Labute approximate surface area is 112 Å². The van der Waals surface area contributed by atoms with Gasteiger partial charge in [-0.05, 0) is 5.53 Å². The molecule has 96 valence electrons. The van der Waals surface area contributed by atoms with E-state index in [-0.39, 0.29) is 17.2 Å². The molecule has 2 rings (SSSR count). The Morgan fingerprint density at radius 3 is 3.33 bits per heavy atom. The molecular formula is C9H10N4O3S2. The summed E-state index contributed by atoms with van der Waals surface area (Å²) in [7, 11) is 0. The predicted molar refractivity (Wildman–Crippen MR) is 68.4 cm³/mol. The second-order valence-electron chi connectivity index (χ2n) is 3.47. The number of carbonyl (C=O) groups is 2. The number of amides is 1. The maximum atomic E-state index is 11.7. The molecule has 0 unspecified atom stereocenters. The van der Waals surface area contributed by atoms with E-state index in [2.05, 4.69) is 10.0 Å². The van der Waals surface area contributed by atoms with E-state index >= 15 is 0 Å². The van der Waals surface area contributed by atoms with Crippen molar-refractivity contribution in [3.63, 3.8) is 0 Å². The van der Waals surface area contributed by atoms with Crippen LogP contribution in [0.25, 0.3) is 10.4 Å². The van der Waals surface area contributed by atoms with Gasteiger partial charge < -0.3 is 4.74 Å². The molecule has 0 spiro atoms. The maximum Gasteiger partial charge on any atom is 0.356 e. The fraction of sp³-hybridized carbons (Fsp3) is 0.556. The molecule has 1 saturated heterocycles. The second-order valence-corrected chi connectivity index (χ2v) is 5.58. The molecule has 0 N–H and O–H groups in total. The molecule has 2 aliphatic heterocycles. The number of azide groups is 1. The number of carbonyl (C=O) groups excluding carboxylic acids is 2. The van der Waals surface area contributed by atoms with Crippen molar-refractivity contribution in [2.24, 2.45) is 5.11 Å². The van der Waals surface area contributed by atoms with Gasteiger partial charge in [0.05, 0.1) is 11.8 Å². The molecular weight excluding hydrogens is 276 g/mol. The van der Waals surface area contributed by atoms with Crippen molar-refractivity contribution in [3.8, 4) is 0 Å². The van der Waals surface area contributed by atoms with Gasteiger partial charge in [0.25, 0.3) is 0 Å². The highest BCUT2D eigenvalue weighted by Crippen LogP contribution is 2.40. The van der Waals surface area contributed by atoms with Gasteiger partial charge in [0.2, 0.25) is 5.91 Å². The zero-order valence-electron chi connectivity index (χ0n) is 9.31. The number of esters is 1. The minimum atomic E-state index is -0.477. The lowest BCUT2D eigenvalue weighted by Gasteiger charge is -2.34. The number of rotatable bonds is 6. The van der Waals surface area contributed by atoms with E-state index in [9.17, 15) is 9.59 Å². The van der Waals surface area contributed by atoms with E-state index in [1.807, 2.05) is 0 Å². The lowest BCUT2D eigenvalue weighted by molar-refractivity contribution is -0.147. The minimum absolute atomic E-state index is 0.0378. The summed E-state index contributed by atoms with van der Waals surface area (Å²) in [4.78, 5) is 27.0. The molecule has 0 aromatic rings. The van der Waals surface area contributed by atoms with Gasteiger partial charge in [-0.25, -0.2) is 4.79 Å². The number of thioether (sulfide) groups is 2. The first-order chi connectivity index (χ1) is 8.74. The minimum Gasteiger partial charge on any atom is -0.450 e. The molecule has 0 aromatic carbocycles. The van der Waals surface area contributed by atoms with Gasteiger partial charge in [-0.3, -0.25) is 9.69 Å². The Balaban J connectivity index is 1.69. The zero-order valence-corrected chi connectivity index (χ0v) is 10.9. The largest absolute Gasteiger partial charge is 0.450 e. The Morgan fingerprint density at radius 2 is 2.61 bits per heavy atom. The predicted octanol–water partition coefficient (Wildman–Crippen LogP) is 1.68. The normalized spacial score (nSPS) is 20.7. The van der Waals surface area contributed by atoms with Crippen molar-refractivity contribution < 1.29 is 14.3 Å². The topological polar surface area (TPSA) is 95.4 Å². The van der Waals surface area contributed by atoms with Gasteiger partial charge in [0.15, 0.2) is 0 Å². The fourth-order valence-corrected chi connectivity index (χ4v) is 3.12. The molecule has 0 aliphatic carbocycles. The standard InChI is InChI=1S/C9H10N4O3S2/c10-12-11-1-2-17-5-16-9(15)6-4-18-8-3-7(14)13(6)8/h4,8H,1-3,5H2/t8-/m1/s1. The summed E-state index contributed by atoms with van der Waals surface area (Å²) in [6, 6.07) is 0. The number of ether oxygens (including phenoxy) is 1. The maximum absolute atomic E-state index is 11.7. The van der Waals surface area contributed by atoms with Crippen LogP contribution in [0.1, 0.15) is 6.42 Å². The third-order valence-electron chi connectivity index (χ3n) is 2.38. The van der Waals surface area contributed by atoms with E-state index in [4.69, 9.17) is 10.3 Å². The highest BCUT2D eigenvalue weighted by atomic mass is 32.2. The average molecular weight is 286 g/mol. The summed E-state index contributed by atoms with van der Waals surface area (Å²) < 4.78 is 5.02. The van der Waals surface area contributed by atoms with Crippen molar-refractivity contribution in [2.75, 3.05) is 18.2 Å². The van der Waals surface area contributed by atoms with Crippen LogP contribution in [0.3, 0.4) is 0 Å². The molecule has 18 heavy (non-hydrogen) atoms. The van der Waals surface area contributed by atoms with Crippen molar-refractivity contribution in [1.82, 2.24) is 4.90 Å². The molecule has 0 bridgehead atoms. The van der Waals surface area contributed by atoms with Crippen LogP contribution in [0, 0.1) is 0 Å². The summed E-state index contributed by atoms with van der Waals surface area (Å²) >= 11 is 2.82. The van der Waals surface area contributed by atoms with Crippen LogP contribution in [-0.2, 0) is 14.3 Å². The Bertz CT molecular complexity index is 447. The summed E-state index contributed by atoms with van der Waals surface area (Å²) in [5.41, 5.74) is 8.39. The first-order valence-corrected chi connectivity index (χ1v) is 7.27. The summed E-state index contributed by atoms with van der Waals surface area (Å²) in [5.74, 6) is 0.267. The van der Waals surface area contributed by atoms with Crippen molar-refractivity contribution in [3.05, 3.63) is 21.5 Å². The van der Waals surface area contributed by atoms with E-state index in [1.165, 1.54) is 28.4 Å². The van der Waals surface area contributed by atoms with Gasteiger partial charge >= 0.3 is 5.97 Å². The molecule has 0 aromatic heterocycles. The van der Waals surface area contributed by atoms with E-state index in [0.29, 0.717) is 24.4 Å². The Hall–Kier alpha value is -1.31. The quantitative estimate of drug-likeness (QED) is 0.141. The summed E-state index contributed by atoms with van der Waals surface area (Å²) in [6.45, 7) is 0.365. The third-order valence-corrected chi connectivity index (χ3v) is 4.19. The second kappa shape index (κ2) is 6.03. The van der Waals surface area contributed by atoms with Crippen LogP contribution < -0.4 is 0 Å². The van der Waals surface area contributed by atoms with Crippen LogP contribution in [0.15, 0.2) is 16.2 Å². The average Bonchev–Trinajstić information content (AvgIpc) is 2.70. The molecule has 2 aliphatic rings. The highest BCUT2D eigenvalue weighted by molar-refractivity contribution is 8.03. The van der Waals surface area contributed by atoms with Crippen molar-refractivity contribution in [1.29, 1.82) is 0 Å². The van der Waals surface area contributed by atoms with Crippen molar-refractivity contribution in [2.45, 2.75) is 11.8 Å². The lowest BCUT2D eigenvalue weighted by Crippen LogP contribution is -2.48. The van der Waals surface area contributed by atoms with Gasteiger partial charge in [0.1, 0.15) is 11.6 Å². The van der Waals surface area contributed by atoms with Gasteiger partial charge in [0, 0.05) is 22.6 Å². The van der Waals surface area contributed by atoms with E-state index in [0.717, 1.165) is 0 Å². The number of nitrogens with zero attached hydrogens (tertiary/aromatic N) is 4. The summed E-state index contributed by atoms with van der Waals surface area (Å²) in [6.07, 6.45) is 0.485. The Kier molecular flexibility index (Phi) is 4.40. The molecule has 0 saturated carbocycles. The lowest BCUT2D eigenvalue weighted by atomic mass is 10.2. The molecule has 0 radical (unpaired) electrons. The van der Waals surface area contributed by atoms with E-state index < -0.39 is 5.97 Å². The highest BCUT2D eigenvalue weighted by Gasteiger charge is 2.45. The van der Waals surface area contributed by atoms with Crippen LogP contribution in [0.2, 0.25) is 0 Å². The first kappa shape index (κ1) is 13.1. The van der Waals surface area contributed by atoms with Gasteiger partial charge in [-0.2, -0.15) is 0 Å². The molecule has 1 amide bonds. The summed E-state index contributed by atoms with van der Waals surface area (Å²) in [5, 5.41) is 5.11. The van der Waals surface area contributed by atoms with Crippen LogP contribution >= 0.6 is 23.5 Å². The number of β-lactam (4-membered cyclic amide) rings is 1. The third kappa shape index (κ3) is 2.74. The molecule has 7 nitrogen and oxygen atoms in total. The monoisotopic (exact) mass is 286 g/mol. The van der Waals surface area contributed by atoms with Crippen molar-refractivity contribution >= 4 is 35.4 Å². The van der Waals surface area contributed by atoms with Gasteiger partial charge in [-0.1, -0.05) is 5.11 Å². The number of hydrogen-bond acceptors (Lipinski definition) is 6. The van der Waals surface area contributed by atoms with Crippen LogP contribution in [0.4, 0.5) is 0 Å². The SMILES string of the molecule is [N-]=[N+]=NCCSCOC(=O)C1=CS[C@@H]2CC(=O)N12. The Morgan fingerprint density at radius 1 is 1.78 bits per heavy atom. The zero-order chi connectivity index (χ0) is 13.0. The smallest absolute Gasteiger partial charge is 0.356 e. The van der Waals surface area contributed by atoms with E-state index in [1.54, 1.807) is 5.41 Å². The number of fused-ring (bicyclic) bond motifs is 1. The first-order valence-electron chi connectivity index (χ1n) is 5.17. The molecule has 1 atom stereocenters.